The van der Waals surface area contributed by atoms with Crippen LogP contribution in [0.3, 0.4) is 0 Å². The van der Waals surface area contributed by atoms with Gasteiger partial charge in [-0.1, -0.05) is 0 Å². The molecule has 1 saturated heterocycles. The quantitative estimate of drug-likeness (QED) is 0.859. The molecule has 7 nitrogen and oxygen atoms in total. The fourth-order valence-electron chi connectivity index (χ4n) is 2.78. The number of anilines is 1. The van der Waals surface area contributed by atoms with E-state index < -0.39 is 0 Å². The van der Waals surface area contributed by atoms with E-state index in [0.29, 0.717) is 24.1 Å². The van der Waals surface area contributed by atoms with Gasteiger partial charge in [0.2, 0.25) is 5.89 Å². The first-order valence-electron chi connectivity index (χ1n) is 7.48. The number of carbonyl (C=O) groups is 1. The van der Waals surface area contributed by atoms with Crippen LogP contribution in [-0.2, 0) is 7.05 Å². The largest absolute Gasteiger partial charge is 0.347 e. The molecule has 0 aromatic carbocycles. The number of likely N-dealkylation sites (tertiary alicyclic amines) is 1. The van der Waals surface area contributed by atoms with Gasteiger partial charge >= 0.3 is 0 Å². The smallest absolute Gasteiger partial charge is 0.270 e. The van der Waals surface area contributed by atoms with Crippen LogP contribution < -0.4 is 4.90 Å². The Morgan fingerprint density at radius 3 is 2.91 bits per heavy atom. The van der Waals surface area contributed by atoms with Crippen LogP contribution in [0.4, 0.5) is 5.95 Å². The summed E-state index contributed by atoms with van der Waals surface area (Å²) in [6.45, 7) is 1.40. The molecule has 7 heteroatoms. The Bertz CT molecular complexity index is 660. The van der Waals surface area contributed by atoms with Crippen molar-refractivity contribution < 1.29 is 9.32 Å². The van der Waals surface area contributed by atoms with Gasteiger partial charge in [-0.2, -0.15) is 4.98 Å². The summed E-state index contributed by atoms with van der Waals surface area (Å²) in [7, 11) is 5.64. The van der Waals surface area contributed by atoms with Crippen LogP contribution in [0.25, 0.3) is 0 Å². The summed E-state index contributed by atoms with van der Waals surface area (Å²) in [6.07, 6.45) is 3.79. The lowest BCUT2D eigenvalue weighted by Gasteiger charge is -2.31. The van der Waals surface area contributed by atoms with Crippen molar-refractivity contribution in [2.75, 3.05) is 32.1 Å². The van der Waals surface area contributed by atoms with Crippen molar-refractivity contribution in [3.63, 3.8) is 0 Å². The van der Waals surface area contributed by atoms with Crippen LogP contribution in [0, 0.1) is 0 Å². The first-order valence-corrected chi connectivity index (χ1v) is 7.48. The Morgan fingerprint density at radius 1 is 1.45 bits per heavy atom. The van der Waals surface area contributed by atoms with Crippen LogP contribution in [0.1, 0.15) is 35.1 Å². The second-order valence-electron chi connectivity index (χ2n) is 5.92. The molecule has 0 N–H and O–H groups in total. The SMILES string of the molecule is CN(C)c1noc([C@@H]2CCCN(C(=O)c3cccn3C)C2)n1. The highest BCUT2D eigenvalue weighted by atomic mass is 16.5. The molecule has 1 amide bonds. The summed E-state index contributed by atoms with van der Waals surface area (Å²) < 4.78 is 7.21. The van der Waals surface area contributed by atoms with E-state index in [4.69, 9.17) is 4.52 Å². The molecular weight excluding hydrogens is 282 g/mol. The lowest BCUT2D eigenvalue weighted by molar-refractivity contribution is 0.0686. The van der Waals surface area contributed by atoms with Gasteiger partial charge < -0.3 is 18.9 Å². The molecule has 2 aromatic rings. The molecule has 1 fully saturated rings. The van der Waals surface area contributed by atoms with Crippen molar-refractivity contribution in [2.45, 2.75) is 18.8 Å². The van der Waals surface area contributed by atoms with E-state index in [9.17, 15) is 4.79 Å². The number of rotatable bonds is 3. The van der Waals surface area contributed by atoms with Gasteiger partial charge in [0.05, 0.1) is 5.92 Å². The van der Waals surface area contributed by atoms with Crippen molar-refractivity contribution in [1.29, 1.82) is 0 Å². The van der Waals surface area contributed by atoms with Crippen LogP contribution in [0.2, 0.25) is 0 Å². The van der Waals surface area contributed by atoms with Crippen LogP contribution in [-0.4, -0.2) is 52.7 Å². The fourth-order valence-corrected chi connectivity index (χ4v) is 2.78. The van der Waals surface area contributed by atoms with E-state index in [1.807, 2.05) is 53.8 Å². The highest BCUT2D eigenvalue weighted by molar-refractivity contribution is 5.92. The van der Waals surface area contributed by atoms with E-state index in [2.05, 4.69) is 10.1 Å². The van der Waals surface area contributed by atoms with Gasteiger partial charge in [0.1, 0.15) is 5.69 Å². The predicted molar refractivity (Wildman–Crippen MR) is 81.9 cm³/mol. The van der Waals surface area contributed by atoms with Crippen LogP contribution >= 0.6 is 0 Å². The molecule has 2 aromatic heterocycles. The number of amides is 1. The van der Waals surface area contributed by atoms with E-state index in [-0.39, 0.29) is 11.8 Å². The minimum atomic E-state index is 0.0598. The van der Waals surface area contributed by atoms with Gasteiger partial charge in [0.25, 0.3) is 11.9 Å². The molecule has 1 aliphatic heterocycles. The molecule has 1 atom stereocenters. The number of carbonyl (C=O) groups excluding carboxylic acids is 1. The molecule has 1 aliphatic rings. The first kappa shape index (κ1) is 14.6. The molecule has 0 saturated carbocycles. The Balaban J connectivity index is 1.73. The molecule has 3 rings (SSSR count). The van der Waals surface area contributed by atoms with Crippen molar-refractivity contribution in [2.24, 2.45) is 7.05 Å². The summed E-state index contributed by atoms with van der Waals surface area (Å²) in [5, 5.41) is 3.96. The second kappa shape index (κ2) is 5.82. The molecule has 0 radical (unpaired) electrons. The number of aryl methyl sites for hydroxylation is 1. The van der Waals surface area contributed by atoms with E-state index in [0.717, 1.165) is 19.4 Å². The first-order chi connectivity index (χ1) is 10.6. The molecular formula is C15H21N5O2. The molecule has 22 heavy (non-hydrogen) atoms. The number of hydrogen-bond donors (Lipinski definition) is 0. The third-order valence-corrected chi connectivity index (χ3v) is 4.05. The fraction of sp³-hybridized carbons (Fsp3) is 0.533. The number of hydrogen-bond acceptors (Lipinski definition) is 5. The minimum absolute atomic E-state index is 0.0598. The summed E-state index contributed by atoms with van der Waals surface area (Å²) in [5.74, 6) is 1.36. The van der Waals surface area contributed by atoms with Crippen molar-refractivity contribution in [3.05, 3.63) is 29.9 Å². The number of aromatic nitrogens is 3. The molecule has 118 valence electrons. The summed E-state index contributed by atoms with van der Waals surface area (Å²) >= 11 is 0. The third kappa shape index (κ3) is 2.70. The van der Waals surface area contributed by atoms with Crippen molar-refractivity contribution in [3.8, 4) is 0 Å². The zero-order chi connectivity index (χ0) is 15.7. The molecule has 0 unspecified atom stereocenters. The van der Waals surface area contributed by atoms with Crippen LogP contribution in [0.5, 0.6) is 0 Å². The zero-order valence-corrected chi connectivity index (χ0v) is 13.2. The van der Waals surface area contributed by atoms with Gasteiger partial charge in [0.15, 0.2) is 0 Å². The van der Waals surface area contributed by atoms with Gasteiger partial charge in [-0.25, -0.2) is 0 Å². The molecule has 0 bridgehead atoms. The van der Waals surface area contributed by atoms with Crippen molar-refractivity contribution in [1.82, 2.24) is 19.6 Å². The van der Waals surface area contributed by atoms with Gasteiger partial charge in [0, 0.05) is 40.4 Å². The summed E-state index contributed by atoms with van der Waals surface area (Å²) in [4.78, 5) is 20.7. The molecule has 0 spiro atoms. The lowest BCUT2D eigenvalue weighted by atomic mass is 9.97. The Kier molecular flexibility index (Phi) is 3.87. The zero-order valence-electron chi connectivity index (χ0n) is 13.2. The Labute approximate surface area is 129 Å². The normalized spacial score (nSPS) is 18.5. The highest BCUT2D eigenvalue weighted by Crippen LogP contribution is 2.27. The van der Waals surface area contributed by atoms with E-state index in [1.54, 1.807) is 0 Å². The van der Waals surface area contributed by atoms with Crippen LogP contribution in [0.15, 0.2) is 22.9 Å². The maximum absolute atomic E-state index is 12.6. The standard InChI is InChI=1S/C15H21N5O2/c1-18(2)15-16-13(22-17-15)11-6-4-9-20(10-11)14(21)12-7-5-8-19(12)3/h5,7-8,11H,4,6,9-10H2,1-3H3/t11-/m1/s1. The Hall–Kier alpha value is -2.31. The second-order valence-corrected chi connectivity index (χ2v) is 5.92. The highest BCUT2D eigenvalue weighted by Gasteiger charge is 2.29. The minimum Gasteiger partial charge on any atom is -0.347 e. The molecule has 0 aliphatic carbocycles. The average Bonchev–Trinajstić information content (AvgIpc) is 3.15. The monoisotopic (exact) mass is 303 g/mol. The summed E-state index contributed by atoms with van der Waals surface area (Å²) in [6, 6.07) is 3.73. The third-order valence-electron chi connectivity index (χ3n) is 4.05. The topological polar surface area (TPSA) is 67.4 Å². The van der Waals surface area contributed by atoms with E-state index >= 15 is 0 Å². The molecule has 3 heterocycles. The number of nitrogens with zero attached hydrogens (tertiary/aromatic N) is 5. The number of piperidine rings is 1. The van der Waals surface area contributed by atoms with Gasteiger partial charge in [-0.05, 0) is 30.1 Å². The Morgan fingerprint density at radius 2 is 2.27 bits per heavy atom. The van der Waals surface area contributed by atoms with Gasteiger partial charge in [-0.15, -0.1) is 0 Å². The predicted octanol–water partition coefficient (Wildman–Crippen LogP) is 1.49. The lowest BCUT2D eigenvalue weighted by Crippen LogP contribution is -2.39. The maximum Gasteiger partial charge on any atom is 0.270 e. The maximum atomic E-state index is 12.6. The van der Waals surface area contributed by atoms with Gasteiger partial charge in [-0.3, -0.25) is 4.79 Å². The average molecular weight is 303 g/mol. The van der Waals surface area contributed by atoms with E-state index in [1.165, 1.54) is 0 Å². The van der Waals surface area contributed by atoms with Crippen molar-refractivity contribution >= 4 is 11.9 Å². The summed E-state index contributed by atoms with van der Waals surface area (Å²) in [5.41, 5.74) is 0.708.